The van der Waals surface area contributed by atoms with E-state index >= 15 is 0 Å². The fourth-order valence-electron chi connectivity index (χ4n) is 2.71. The van der Waals surface area contributed by atoms with Crippen molar-refractivity contribution in [1.29, 1.82) is 0 Å². The van der Waals surface area contributed by atoms with E-state index in [4.69, 9.17) is 9.47 Å². The number of carbonyl (C=O) groups is 1. The fourth-order valence-corrected chi connectivity index (χ4v) is 2.71. The van der Waals surface area contributed by atoms with E-state index in [0.717, 1.165) is 12.8 Å². The lowest BCUT2D eigenvalue weighted by atomic mass is 10.0. The smallest absolute Gasteiger partial charge is 0.353 e. The minimum atomic E-state index is -6.59. The van der Waals surface area contributed by atoms with Gasteiger partial charge in [0.15, 0.2) is 6.29 Å². The van der Waals surface area contributed by atoms with Crippen LogP contribution in [0.1, 0.15) is 24.8 Å². The van der Waals surface area contributed by atoms with Crippen molar-refractivity contribution in [1.82, 2.24) is 5.32 Å². The van der Waals surface area contributed by atoms with Crippen molar-refractivity contribution in [3.8, 4) is 0 Å². The molecule has 1 N–H and O–H groups in total. The molecule has 0 radical (unpaired) electrons. The van der Waals surface area contributed by atoms with E-state index in [0.29, 0.717) is 18.6 Å². The molecule has 0 spiro atoms. The zero-order valence-corrected chi connectivity index (χ0v) is 15.2. The molecular formula is C18H20F7NO3. The van der Waals surface area contributed by atoms with Gasteiger partial charge in [-0.1, -0.05) is 30.3 Å². The molecule has 1 aliphatic rings. The zero-order chi connectivity index (χ0) is 21.7. The number of alkyl halides is 7. The summed E-state index contributed by atoms with van der Waals surface area (Å²) in [6.45, 7) is 0.00915. The first-order valence-corrected chi connectivity index (χ1v) is 8.85. The summed E-state index contributed by atoms with van der Waals surface area (Å²) < 4.78 is 101. The number of carbonyl (C=O) groups excluding carboxylic acids is 1. The van der Waals surface area contributed by atoms with E-state index in [1.807, 2.05) is 0 Å². The van der Waals surface area contributed by atoms with Crippen LogP contribution in [0.15, 0.2) is 30.3 Å². The van der Waals surface area contributed by atoms with Crippen molar-refractivity contribution in [3.05, 3.63) is 35.9 Å². The van der Waals surface area contributed by atoms with Gasteiger partial charge < -0.3 is 14.8 Å². The van der Waals surface area contributed by atoms with Gasteiger partial charge in [-0.25, -0.2) is 0 Å². The molecule has 1 heterocycles. The maximum absolute atomic E-state index is 13.6. The molecule has 0 bridgehead atoms. The SMILES string of the molecule is O=C(N[C@H](COC1CCCCO1)Cc1ccccc1)C(F)(F)C(F)(F)C(F)(F)F. The zero-order valence-electron chi connectivity index (χ0n) is 15.2. The van der Waals surface area contributed by atoms with Crippen molar-refractivity contribution in [2.24, 2.45) is 0 Å². The Morgan fingerprint density at radius 3 is 2.31 bits per heavy atom. The average Bonchev–Trinajstić information content (AvgIpc) is 2.66. The van der Waals surface area contributed by atoms with E-state index in [-0.39, 0.29) is 6.42 Å². The van der Waals surface area contributed by atoms with Crippen LogP contribution in [-0.4, -0.2) is 49.5 Å². The third-order valence-electron chi connectivity index (χ3n) is 4.32. The highest BCUT2D eigenvalue weighted by Gasteiger charge is 2.76. The maximum atomic E-state index is 13.6. The lowest BCUT2D eigenvalue weighted by Crippen LogP contribution is -2.61. The number of rotatable bonds is 8. The summed E-state index contributed by atoms with van der Waals surface area (Å²) in [6, 6.07) is 6.79. The monoisotopic (exact) mass is 431 g/mol. The summed E-state index contributed by atoms with van der Waals surface area (Å²) in [6.07, 6.45) is -5.27. The molecule has 4 nitrogen and oxygen atoms in total. The first-order valence-electron chi connectivity index (χ1n) is 8.85. The number of benzene rings is 1. The normalized spacial score (nSPS) is 19.6. The molecule has 1 amide bonds. The lowest BCUT2D eigenvalue weighted by Gasteiger charge is -2.30. The topological polar surface area (TPSA) is 47.6 Å². The minimum Gasteiger partial charge on any atom is -0.353 e. The van der Waals surface area contributed by atoms with Gasteiger partial charge in [-0.05, 0) is 31.2 Å². The molecule has 0 aromatic heterocycles. The van der Waals surface area contributed by atoms with Crippen LogP contribution in [0.5, 0.6) is 0 Å². The third kappa shape index (κ3) is 5.81. The Morgan fingerprint density at radius 1 is 1.10 bits per heavy atom. The average molecular weight is 431 g/mol. The Hall–Kier alpha value is -1.88. The Kier molecular flexibility index (Phi) is 7.50. The molecule has 1 aromatic rings. The summed E-state index contributed by atoms with van der Waals surface area (Å²) in [5.41, 5.74) is 0.539. The molecule has 1 unspecified atom stereocenters. The van der Waals surface area contributed by atoms with E-state index in [1.165, 1.54) is 0 Å². The van der Waals surface area contributed by atoms with Crippen molar-refractivity contribution in [3.63, 3.8) is 0 Å². The summed E-state index contributed by atoms with van der Waals surface area (Å²) in [5.74, 6) is -15.2. The van der Waals surface area contributed by atoms with Crippen LogP contribution in [0.2, 0.25) is 0 Å². The predicted octanol–water partition coefficient (Wildman–Crippen LogP) is 4.09. The number of amides is 1. The van der Waals surface area contributed by atoms with Crippen LogP contribution in [0.4, 0.5) is 30.7 Å². The standard InChI is InChI=1S/C18H20F7NO3/c19-16(20,17(21,22)18(23,24)25)15(27)26-13(10-12-6-2-1-3-7-12)11-29-14-8-4-5-9-28-14/h1-3,6-7,13-14H,4-5,8-11H2,(H,26,27)/t13-,14?/m0/s1. The highest BCUT2D eigenvalue weighted by atomic mass is 19.4. The van der Waals surface area contributed by atoms with Gasteiger partial charge in [0.05, 0.1) is 12.6 Å². The van der Waals surface area contributed by atoms with E-state index in [2.05, 4.69) is 0 Å². The molecule has 1 saturated heterocycles. The number of nitrogens with one attached hydrogen (secondary N) is 1. The van der Waals surface area contributed by atoms with Gasteiger partial charge in [0.1, 0.15) is 0 Å². The highest BCUT2D eigenvalue weighted by Crippen LogP contribution is 2.46. The van der Waals surface area contributed by atoms with Gasteiger partial charge in [-0.3, -0.25) is 4.79 Å². The molecule has 0 aliphatic carbocycles. The Bertz CT molecular complexity index is 661. The van der Waals surface area contributed by atoms with Crippen LogP contribution < -0.4 is 5.32 Å². The second kappa shape index (κ2) is 9.29. The fraction of sp³-hybridized carbons (Fsp3) is 0.611. The third-order valence-corrected chi connectivity index (χ3v) is 4.32. The maximum Gasteiger partial charge on any atom is 0.460 e. The number of hydrogen-bond donors (Lipinski definition) is 1. The van der Waals surface area contributed by atoms with Gasteiger partial charge >= 0.3 is 18.0 Å². The molecule has 0 saturated carbocycles. The Morgan fingerprint density at radius 2 is 1.76 bits per heavy atom. The Labute approximate surface area is 162 Å². The van der Waals surface area contributed by atoms with Gasteiger partial charge in [0.2, 0.25) is 0 Å². The molecule has 1 aromatic carbocycles. The summed E-state index contributed by atoms with van der Waals surface area (Å²) >= 11 is 0. The van der Waals surface area contributed by atoms with Gasteiger partial charge in [0.25, 0.3) is 5.91 Å². The summed E-state index contributed by atoms with van der Waals surface area (Å²) in [7, 11) is 0. The lowest BCUT2D eigenvalue weighted by molar-refractivity contribution is -0.344. The number of hydrogen-bond acceptors (Lipinski definition) is 3. The van der Waals surface area contributed by atoms with Crippen LogP contribution in [0.3, 0.4) is 0 Å². The molecule has 164 valence electrons. The molecule has 11 heteroatoms. The first-order chi connectivity index (χ1) is 13.4. The highest BCUT2D eigenvalue weighted by molar-refractivity contribution is 5.85. The van der Waals surface area contributed by atoms with Crippen molar-refractivity contribution < 1.29 is 45.0 Å². The molecular weight excluding hydrogens is 411 g/mol. The molecule has 1 aliphatic heterocycles. The summed E-state index contributed by atoms with van der Waals surface area (Å²) in [4.78, 5) is 11.7. The summed E-state index contributed by atoms with van der Waals surface area (Å²) in [5, 5.41) is 1.57. The van der Waals surface area contributed by atoms with E-state index in [9.17, 15) is 35.5 Å². The first kappa shape index (κ1) is 23.4. The second-order valence-electron chi connectivity index (χ2n) is 6.64. The molecule has 29 heavy (non-hydrogen) atoms. The molecule has 1 fully saturated rings. The molecule has 2 atom stereocenters. The van der Waals surface area contributed by atoms with Gasteiger partial charge in [-0.15, -0.1) is 0 Å². The van der Waals surface area contributed by atoms with E-state index < -0.39 is 42.9 Å². The predicted molar refractivity (Wildman–Crippen MR) is 87.6 cm³/mol. The van der Waals surface area contributed by atoms with Crippen molar-refractivity contribution >= 4 is 5.91 Å². The van der Waals surface area contributed by atoms with Crippen LogP contribution in [-0.2, 0) is 20.7 Å². The number of ether oxygens (including phenoxy) is 2. The minimum absolute atomic E-state index is 0.118. The van der Waals surface area contributed by atoms with Gasteiger partial charge in [0, 0.05) is 6.61 Å². The largest absolute Gasteiger partial charge is 0.460 e. The van der Waals surface area contributed by atoms with Crippen LogP contribution >= 0.6 is 0 Å². The van der Waals surface area contributed by atoms with E-state index in [1.54, 1.807) is 35.6 Å². The van der Waals surface area contributed by atoms with Crippen molar-refractivity contribution in [2.45, 2.75) is 56.0 Å². The second-order valence-corrected chi connectivity index (χ2v) is 6.64. The van der Waals surface area contributed by atoms with Crippen molar-refractivity contribution in [2.75, 3.05) is 13.2 Å². The van der Waals surface area contributed by atoms with Gasteiger partial charge in [-0.2, -0.15) is 30.7 Å². The number of halogens is 7. The van der Waals surface area contributed by atoms with Crippen LogP contribution in [0.25, 0.3) is 0 Å². The van der Waals surface area contributed by atoms with Crippen LogP contribution in [0, 0.1) is 0 Å². The quantitative estimate of drug-likeness (QED) is 0.631. The molecule has 2 rings (SSSR count). The Balaban J connectivity index is 2.11.